The van der Waals surface area contributed by atoms with Crippen LogP contribution in [0.15, 0.2) is 76.7 Å². The molecule has 180 valence electrons. The van der Waals surface area contributed by atoms with Gasteiger partial charge >= 0.3 is 6.18 Å². The van der Waals surface area contributed by atoms with Crippen LogP contribution >= 0.6 is 0 Å². The Morgan fingerprint density at radius 3 is 2.09 bits per heavy atom. The number of halogens is 3. The smallest absolute Gasteiger partial charge is 0.295 e. The average molecular weight is 481 g/mol. The predicted molar refractivity (Wildman–Crippen MR) is 123 cm³/mol. The molecule has 2 atom stereocenters. The van der Waals surface area contributed by atoms with Gasteiger partial charge in [0.2, 0.25) is 5.41 Å². The molecule has 1 N–H and O–H groups in total. The Morgan fingerprint density at radius 1 is 0.943 bits per heavy atom. The molecule has 35 heavy (non-hydrogen) atoms. The topological polar surface area (TPSA) is 75.2 Å². The molecule has 1 aliphatic heterocycles. The molecule has 5 rings (SSSR count). The van der Waals surface area contributed by atoms with E-state index < -0.39 is 45.9 Å². The molecule has 0 fully saturated rings. The first-order valence-electron chi connectivity index (χ1n) is 11.2. The van der Waals surface area contributed by atoms with Crippen LogP contribution in [0.25, 0.3) is 5.69 Å². The van der Waals surface area contributed by atoms with Gasteiger partial charge in [-0.1, -0.05) is 43.3 Å². The third-order valence-corrected chi connectivity index (χ3v) is 6.87. The zero-order valence-electron chi connectivity index (χ0n) is 19.0. The second kappa shape index (κ2) is 7.83. The monoisotopic (exact) mass is 481 g/mol. The number of aromatic nitrogens is 2. The van der Waals surface area contributed by atoms with Crippen molar-refractivity contribution in [3.05, 3.63) is 93.5 Å². The molecule has 2 heterocycles. The fourth-order valence-electron chi connectivity index (χ4n) is 5.25. The number of para-hydroxylation sites is 2. The largest absolute Gasteiger partial charge is 0.411 e. The van der Waals surface area contributed by atoms with Crippen LogP contribution in [0.2, 0.25) is 0 Å². The molecule has 1 aromatic heterocycles. The second-order valence-corrected chi connectivity index (χ2v) is 8.94. The van der Waals surface area contributed by atoms with Crippen LogP contribution in [-0.4, -0.2) is 27.6 Å². The van der Waals surface area contributed by atoms with Crippen LogP contribution in [0.5, 0.6) is 0 Å². The van der Waals surface area contributed by atoms with Crippen molar-refractivity contribution in [3.8, 4) is 5.69 Å². The summed E-state index contributed by atoms with van der Waals surface area (Å²) in [5, 5.41) is 2.70. The molecular formula is C26H22F3N3O3. The van der Waals surface area contributed by atoms with E-state index in [2.05, 4.69) is 5.10 Å². The molecule has 3 aromatic rings. The number of carbonyl (C=O) groups is 2. The van der Waals surface area contributed by atoms with Crippen LogP contribution in [-0.2, 0) is 15.0 Å². The van der Waals surface area contributed by atoms with E-state index in [1.807, 2.05) is 0 Å². The van der Waals surface area contributed by atoms with E-state index in [0.29, 0.717) is 12.1 Å². The number of carbonyl (C=O) groups excluding carboxylic acids is 2. The van der Waals surface area contributed by atoms with Crippen molar-refractivity contribution in [2.45, 2.75) is 38.3 Å². The van der Waals surface area contributed by atoms with Gasteiger partial charge in [-0.3, -0.25) is 24.4 Å². The predicted octanol–water partition coefficient (Wildman–Crippen LogP) is 4.57. The number of nitrogens with one attached hydrogen (secondary N) is 1. The highest BCUT2D eigenvalue weighted by molar-refractivity contribution is 6.20. The number of rotatable bonds is 3. The van der Waals surface area contributed by atoms with Crippen LogP contribution in [0.1, 0.15) is 31.0 Å². The van der Waals surface area contributed by atoms with Gasteiger partial charge in [0.1, 0.15) is 0 Å². The Labute approximate surface area is 198 Å². The van der Waals surface area contributed by atoms with Gasteiger partial charge in [0.15, 0.2) is 5.78 Å². The molecule has 0 radical (unpaired) electrons. The van der Waals surface area contributed by atoms with Gasteiger partial charge in [-0.05, 0) is 44.0 Å². The number of aryl methyl sites for hydroxylation is 1. The number of anilines is 1. The second-order valence-electron chi connectivity index (χ2n) is 8.94. The van der Waals surface area contributed by atoms with Crippen molar-refractivity contribution in [2.24, 2.45) is 5.92 Å². The molecule has 0 saturated heterocycles. The summed E-state index contributed by atoms with van der Waals surface area (Å²) < 4.78 is 46.8. The number of alkyl halides is 3. The summed E-state index contributed by atoms with van der Waals surface area (Å²) in [6.07, 6.45) is -4.83. The highest BCUT2D eigenvalue weighted by atomic mass is 19.4. The van der Waals surface area contributed by atoms with Gasteiger partial charge < -0.3 is 0 Å². The van der Waals surface area contributed by atoms with Crippen molar-refractivity contribution in [2.75, 3.05) is 4.90 Å². The first-order chi connectivity index (χ1) is 16.6. The fourth-order valence-corrected chi connectivity index (χ4v) is 5.25. The zero-order valence-corrected chi connectivity index (χ0v) is 19.0. The van der Waals surface area contributed by atoms with Gasteiger partial charge in [0.25, 0.3) is 11.5 Å². The average Bonchev–Trinajstić information content (AvgIpc) is 3.27. The number of ketones is 1. The maximum atomic E-state index is 15.3. The molecule has 0 saturated carbocycles. The van der Waals surface area contributed by atoms with E-state index in [-0.39, 0.29) is 23.5 Å². The molecule has 2 aromatic carbocycles. The summed E-state index contributed by atoms with van der Waals surface area (Å²) in [5.41, 5.74) is -5.44. The van der Waals surface area contributed by atoms with Crippen LogP contribution in [0, 0.1) is 12.8 Å². The molecule has 9 heteroatoms. The molecule has 6 nitrogen and oxygen atoms in total. The van der Waals surface area contributed by atoms with E-state index in [1.165, 1.54) is 19.1 Å². The Hall–Kier alpha value is -3.88. The lowest BCUT2D eigenvalue weighted by atomic mass is 9.68. The minimum atomic E-state index is -5.25. The van der Waals surface area contributed by atoms with E-state index in [1.54, 1.807) is 55.5 Å². The Kier molecular flexibility index (Phi) is 5.12. The minimum Gasteiger partial charge on any atom is -0.295 e. The number of aromatic amines is 1. The number of allylic oxidation sites excluding steroid dienone is 1. The Balaban J connectivity index is 1.87. The number of Topliss-reactive ketones (excluding diaryl/α,β-unsaturated/α-hetero) is 1. The molecule has 0 bridgehead atoms. The number of nitrogens with zero attached hydrogens (tertiary/aromatic N) is 2. The van der Waals surface area contributed by atoms with Gasteiger partial charge in [0, 0.05) is 28.6 Å². The normalized spacial score (nSPS) is 22.7. The molecular weight excluding hydrogens is 459 g/mol. The molecule has 0 spiro atoms. The van der Waals surface area contributed by atoms with E-state index in [4.69, 9.17) is 0 Å². The van der Waals surface area contributed by atoms with Crippen molar-refractivity contribution in [1.82, 2.24) is 9.78 Å². The Morgan fingerprint density at radius 2 is 1.51 bits per heavy atom. The van der Waals surface area contributed by atoms with Crippen molar-refractivity contribution in [3.63, 3.8) is 0 Å². The number of amides is 1. The van der Waals surface area contributed by atoms with Gasteiger partial charge in [-0.25, -0.2) is 4.68 Å². The maximum absolute atomic E-state index is 15.3. The lowest BCUT2D eigenvalue weighted by Crippen LogP contribution is -2.55. The summed E-state index contributed by atoms with van der Waals surface area (Å²) in [6.45, 7) is 2.87. The summed E-state index contributed by atoms with van der Waals surface area (Å²) in [6, 6.07) is 16.0. The highest BCUT2D eigenvalue weighted by Crippen LogP contribution is 2.56. The summed E-state index contributed by atoms with van der Waals surface area (Å²) in [5.74, 6) is -2.83. The van der Waals surface area contributed by atoms with Crippen LogP contribution in [0.3, 0.4) is 0 Å². The lowest BCUT2D eigenvalue weighted by molar-refractivity contribution is -0.184. The van der Waals surface area contributed by atoms with E-state index >= 15 is 13.2 Å². The van der Waals surface area contributed by atoms with Gasteiger partial charge in [-0.2, -0.15) is 13.2 Å². The van der Waals surface area contributed by atoms with Crippen molar-refractivity contribution >= 4 is 17.4 Å². The number of hydrogen-bond acceptors (Lipinski definition) is 3. The SMILES string of the molecule is Cc1[nH]n(-c2ccccc2)c(=O)c1C1(C(F)(F)F)C(=O)N(c2ccccc2)C2=C1C(=O)C(C)CC2. The maximum Gasteiger partial charge on any atom is 0.411 e. The van der Waals surface area contributed by atoms with E-state index in [0.717, 1.165) is 9.58 Å². The van der Waals surface area contributed by atoms with Crippen molar-refractivity contribution < 1.29 is 22.8 Å². The highest BCUT2D eigenvalue weighted by Gasteiger charge is 2.73. The zero-order chi connectivity index (χ0) is 25.1. The lowest BCUT2D eigenvalue weighted by Gasteiger charge is -2.33. The van der Waals surface area contributed by atoms with Crippen LogP contribution < -0.4 is 10.5 Å². The quantitative estimate of drug-likeness (QED) is 0.596. The number of benzene rings is 2. The van der Waals surface area contributed by atoms with Gasteiger partial charge in [-0.15, -0.1) is 0 Å². The first kappa shape index (κ1) is 22.9. The molecule has 1 amide bonds. The standard InChI is InChI=1S/C26H22F3N3O3/c1-15-13-14-19-21(22(15)33)25(26(27,28)29,24(35)31(19)17-9-5-3-6-10-17)20-16(2)30-32(23(20)34)18-11-7-4-8-12-18/h3-12,15,30H,13-14H2,1-2H3. The molecule has 1 aliphatic carbocycles. The van der Waals surface area contributed by atoms with Gasteiger partial charge in [0.05, 0.1) is 11.3 Å². The van der Waals surface area contributed by atoms with E-state index in [9.17, 15) is 14.4 Å². The Bertz CT molecular complexity index is 1420. The first-order valence-corrected chi connectivity index (χ1v) is 11.2. The van der Waals surface area contributed by atoms with Crippen LogP contribution in [0.4, 0.5) is 18.9 Å². The number of H-pyrrole nitrogens is 1. The third kappa shape index (κ3) is 3.07. The summed E-state index contributed by atoms with van der Waals surface area (Å²) in [4.78, 5) is 42.0. The summed E-state index contributed by atoms with van der Waals surface area (Å²) >= 11 is 0. The third-order valence-electron chi connectivity index (χ3n) is 6.87. The fraction of sp³-hybridized carbons (Fsp3) is 0.269. The summed E-state index contributed by atoms with van der Waals surface area (Å²) in [7, 11) is 0. The molecule has 2 unspecified atom stereocenters. The molecule has 2 aliphatic rings. The van der Waals surface area contributed by atoms with Crippen molar-refractivity contribution in [1.29, 1.82) is 0 Å². The minimum absolute atomic E-state index is 0.00730. The number of hydrogen-bond donors (Lipinski definition) is 1.